The van der Waals surface area contributed by atoms with Crippen molar-refractivity contribution in [1.82, 2.24) is 4.90 Å². The Bertz CT molecular complexity index is 1010. The van der Waals surface area contributed by atoms with Gasteiger partial charge in [-0.25, -0.2) is 0 Å². The average molecular weight is 461 g/mol. The normalized spacial score (nSPS) is 16.8. The van der Waals surface area contributed by atoms with E-state index in [-0.39, 0.29) is 18.2 Å². The lowest BCUT2D eigenvalue weighted by atomic mass is 10.2. The fourth-order valence-corrected chi connectivity index (χ4v) is 3.77. The van der Waals surface area contributed by atoms with E-state index >= 15 is 0 Å². The summed E-state index contributed by atoms with van der Waals surface area (Å²) in [5.41, 5.74) is 1.28. The van der Waals surface area contributed by atoms with Crippen LogP contribution in [-0.2, 0) is 9.59 Å². The van der Waals surface area contributed by atoms with Crippen LogP contribution in [0.4, 0.5) is 10.5 Å². The Hall–Kier alpha value is -2.78. The molecule has 3 amide bonds. The first-order valence-corrected chi connectivity index (χ1v) is 9.81. The van der Waals surface area contributed by atoms with Crippen molar-refractivity contribution in [2.24, 2.45) is 0 Å². The van der Waals surface area contributed by atoms with E-state index in [0.29, 0.717) is 17.2 Å². The van der Waals surface area contributed by atoms with Gasteiger partial charge in [-0.05, 0) is 47.7 Å². The van der Waals surface area contributed by atoms with Gasteiger partial charge in [-0.3, -0.25) is 19.3 Å². The third kappa shape index (κ3) is 3.90. The van der Waals surface area contributed by atoms with Crippen LogP contribution in [-0.4, -0.2) is 35.3 Å². The molecule has 1 fully saturated rings. The van der Waals surface area contributed by atoms with Crippen LogP contribution in [0.1, 0.15) is 5.56 Å². The second-order valence-corrected chi connectivity index (χ2v) is 7.84. The maximum atomic E-state index is 12.5. The number of fused-ring (bicyclic) bond motifs is 1. The fourth-order valence-electron chi connectivity index (χ4n) is 2.67. The molecule has 142 valence electrons. The molecular weight excluding hydrogens is 448 g/mol. The number of nitrogens with zero attached hydrogens (tertiary/aromatic N) is 1. The van der Waals surface area contributed by atoms with Crippen LogP contribution in [0.3, 0.4) is 0 Å². The zero-order chi connectivity index (χ0) is 19.7. The summed E-state index contributed by atoms with van der Waals surface area (Å²) < 4.78 is 11.4. The third-order valence-electron chi connectivity index (χ3n) is 4.00. The zero-order valence-electron chi connectivity index (χ0n) is 14.3. The van der Waals surface area contributed by atoms with E-state index in [1.807, 2.05) is 24.3 Å². The molecule has 2 aliphatic heterocycles. The van der Waals surface area contributed by atoms with E-state index in [1.165, 1.54) is 0 Å². The molecule has 0 unspecified atom stereocenters. The number of hydrogen-bond donors (Lipinski definition) is 1. The molecule has 0 bridgehead atoms. The molecule has 0 saturated carbocycles. The first kappa shape index (κ1) is 18.6. The lowest BCUT2D eigenvalue weighted by molar-refractivity contribution is -0.127. The van der Waals surface area contributed by atoms with Gasteiger partial charge in [0.25, 0.3) is 11.1 Å². The van der Waals surface area contributed by atoms with Gasteiger partial charge in [-0.2, -0.15) is 0 Å². The highest BCUT2D eigenvalue weighted by atomic mass is 79.9. The Morgan fingerprint density at radius 1 is 1.14 bits per heavy atom. The van der Waals surface area contributed by atoms with E-state index < -0.39 is 17.1 Å². The van der Waals surface area contributed by atoms with Gasteiger partial charge in [-0.1, -0.05) is 28.1 Å². The summed E-state index contributed by atoms with van der Waals surface area (Å²) in [6.07, 6.45) is 1.63. The summed E-state index contributed by atoms with van der Waals surface area (Å²) in [5, 5.41) is 2.18. The highest BCUT2D eigenvalue weighted by Gasteiger charge is 2.36. The number of halogens is 1. The number of benzene rings is 2. The van der Waals surface area contributed by atoms with Crippen molar-refractivity contribution in [3.63, 3.8) is 0 Å². The molecule has 2 aromatic rings. The molecule has 0 atom stereocenters. The predicted octanol–water partition coefficient (Wildman–Crippen LogP) is 3.85. The van der Waals surface area contributed by atoms with Crippen LogP contribution in [0.25, 0.3) is 6.08 Å². The molecule has 2 aromatic carbocycles. The number of amides is 3. The molecular formula is C19H13BrN2O5S. The van der Waals surface area contributed by atoms with Crippen LogP contribution in [0.5, 0.6) is 11.5 Å². The number of hydrogen-bond acceptors (Lipinski definition) is 6. The molecule has 0 radical (unpaired) electrons. The van der Waals surface area contributed by atoms with Gasteiger partial charge in [0.15, 0.2) is 11.5 Å². The Balaban J connectivity index is 1.42. The van der Waals surface area contributed by atoms with Crippen molar-refractivity contribution in [3.8, 4) is 11.5 Å². The van der Waals surface area contributed by atoms with Crippen molar-refractivity contribution in [2.75, 3.05) is 18.7 Å². The molecule has 1 saturated heterocycles. The minimum absolute atomic E-state index is 0.133. The maximum Gasteiger partial charge on any atom is 0.294 e. The minimum Gasteiger partial charge on any atom is -0.454 e. The van der Waals surface area contributed by atoms with E-state index in [4.69, 9.17) is 9.47 Å². The van der Waals surface area contributed by atoms with Crippen molar-refractivity contribution in [2.45, 2.75) is 0 Å². The molecule has 2 heterocycles. The second kappa shape index (κ2) is 7.69. The number of carbonyl (C=O) groups excluding carboxylic acids is 3. The van der Waals surface area contributed by atoms with Crippen molar-refractivity contribution in [3.05, 3.63) is 57.4 Å². The third-order valence-corrected chi connectivity index (χ3v) is 5.44. The van der Waals surface area contributed by atoms with Gasteiger partial charge in [0.05, 0.1) is 4.91 Å². The van der Waals surface area contributed by atoms with E-state index in [0.717, 1.165) is 26.7 Å². The molecule has 7 nitrogen and oxygen atoms in total. The number of ether oxygens (including phenoxy) is 2. The van der Waals surface area contributed by atoms with E-state index in [9.17, 15) is 14.4 Å². The lowest BCUT2D eigenvalue weighted by Crippen LogP contribution is -2.36. The zero-order valence-corrected chi connectivity index (χ0v) is 16.7. The van der Waals surface area contributed by atoms with Crippen LogP contribution in [0, 0.1) is 0 Å². The number of imide groups is 1. The highest BCUT2D eigenvalue weighted by molar-refractivity contribution is 9.10. The molecule has 4 rings (SSSR count). The highest BCUT2D eigenvalue weighted by Crippen LogP contribution is 2.35. The molecule has 2 aliphatic rings. The Kier molecular flexibility index (Phi) is 5.10. The number of rotatable bonds is 4. The quantitative estimate of drug-likeness (QED) is 0.697. The summed E-state index contributed by atoms with van der Waals surface area (Å²) in [5.74, 6) is 0.160. The second-order valence-electron chi connectivity index (χ2n) is 5.94. The van der Waals surface area contributed by atoms with Gasteiger partial charge in [0.2, 0.25) is 12.7 Å². The van der Waals surface area contributed by atoms with Gasteiger partial charge < -0.3 is 14.8 Å². The van der Waals surface area contributed by atoms with Crippen LogP contribution < -0.4 is 14.8 Å². The van der Waals surface area contributed by atoms with Gasteiger partial charge in [-0.15, -0.1) is 0 Å². The van der Waals surface area contributed by atoms with Gasteiger partial charge in [0, 0.05) is 16.2 Å². The maximum absolute atomic E-state index is 12.5. The van der Waals surface area contributed by atoms with Crippen molar-refractivity contribution >= 4 is 56.5 Å². The average Bonchev–Trinajstić information content (AvgIpc) is 3.23. The Labute approximate surface area is 172 Å². The number of anilines is 1. The summed E-state index contributed by atoms with van der Waals surface area (Å²) in [6, 6.07) is 12.3. The Morgan fingerprint density at radius 2 is 1.89 bits per heavy atom. The molecule has 9 heteroatoms. The van der Waals surface area contributed by atoms with Crippen molar-refractivity contribution < 1.29 is 23.9 Å². The molecule has 0 spiro atoms. The Morgan fingerprint density at radius 3 is 2.68 bits per heavy atom. The standard InChI is InChI=1S/C19H13BrN2O5S/c20-12-3-1-11(2-4-12)7-16-18(24)22(19(25)28-16)9-17(23)21-13-5-6-14-15(8-13)27-10-26-14/h1-8H,9-10H2,(H,21,23)/b16-7+. The number of carbonyl (C=O) groups is 3. The SMILES string of the molecule is O=C(CN1C(=O)S/C(=C/c2ccc(Br)cc2)C1=O)Nc1ccc2c(c1)OCO2. The largest absolute Gasteiger partial charge is 0.454 e. The summed E-state index contributed by atoms with van der Waals surface area (Å²) in [6.45, 7) is -0.231. The number of nitrogens with one attached hydrogen (secondary N) is 1. The predicted molar refractivity (Wildman–Crippen MR) is 108 cm³/mol. The molecule has 0 aliphatic carbocycles. The van der Waals surface area contributed by atoms with E-state index in [1.54, 1.807) is 24.3 Å². The van der Waals surface area contributed by atoms with Gasteiger partial charge in [0.1, 0.15) is 6.54 Å². The molecule has 28 heavy (non-hydrogen) atoms. The first-order valence-electron chi connectivity index (χ1n) is 8.20. The minimum atomic E-state index is -0.487. The smallest absolute Gasteiger partial charge is 0.294 e. The number of thioether (sulfide) groups is 1. The van der Waals surface area contributed by atoms with Gasteiger partial charge >= 0.3 is 0 Å². The van der Waals surface area contributed by atoms with E-state index in [2.05, 4.69) is 21.2 Å². The first-order chi connectivity index (χ1) is 13.5. The monoisotopic (exact) mass is 460 g/mol. The summed E-state index contributed by atoms with van der Waals surface area (Å²) in [7, 11) is 0. The van der Waals surface area contributed by atoms with Crippen molar-refractivity contribution in [1.29, 1.82) is 0 Å². The topological polar surface area (TPSA) is 84.9 Å². The lowest BCUT2D eigenvalue weighted by Gasteiger charge is -2.12. The van der Waals surface area contributed by atoms with Crippen LogP contribution in [0.2, 0.25) is 0 Å². The fraction of sp³-hybridized carbons (Fsp3) is 0.105. The summed E-state index contributed by atoms with van der Waals surface area (Å²) in [4.78, 5) is 38.2. The molecule has 1 N–H and O–H groups in total. The van der Waals surface area contributed by atoms with Crippen LogP contribution >= 0.6 is 27.7 Å². The summed E-state index contributed by atoms with van der Waals surface area (Å²) >= 11 is 4.16. The molecule has 0 aromatic heterocycles. The van der Waals surface area contributed by atoms with Crippen LogP contribution in [0.15, 0.2) is 51.8 Å².